The fourth-order valence-corrected chi connectivity index (χ4v) is 1.03. The number of hydrogen-bond acceptors (Lipinski definition) is 2. The molecule has 0 saturated carbocycles. The molecule has 0 radical (unpaired) electrons. The third kappa shape index (κ3) is 5.14. The molecule has 0 aromatic rings. The monoisotopic (exact) mass is 232 g/mol. The van der Waals surface area contributed by atoms with Crippen LogP contribution >= 0.6 is 15.9 Å². The van der Waals surface area contributed by atoms with Gasteiger partial charge in [-0.1, -0.05) is 15.9 Å². The van der Waals surface area contributed by atoms with Crippen LogP contribution in [0, 0.1) is 11.3 Å². The smallest absolute Gasteiger partial charge is 0.222 e. The Kier molecular flexibility index (Phi) is 6.78. The fourth-order valence-electron chi connectivity index (χ4n) is 0.751. The highest BCUT2D eigenvalue weighted by Crippen LogP contribution is 1.98. The Morgan fingerprint density at radius 1 is 1.67 bits per heavy atom. The molecular formula is C8H13BrN2O. The molecule has 0 fully saturated rings. The van der Waals surface area contributed by atoms with E-state index in [-0.39, 0.29) is 5.91 Å². The van der Waals surface area contributed by atoms with E-state index in [1.807, 2.05) is 6.07 Å². The molecule has 0 rings (SSSR count). The quantitative estimate of drug-likeness (QED) is 0.676. The first kappa shape index (κ1) is 11.4. The summed E-state index contributed by atoms with van der Waals surface area (Å²) in [6.07, 6.45) is 1.83. The lowest BCUT2D eigenvalue weighted by atomic mass is 10.3. The second-order valence-electron chi connectivity index (χ2n) is 2.52. The van der Waals surface area contributed by atoms with Gasteiger partial charge in [0.1, 0.15) is 0 Å². The zero-order chi connectivity index (χ0) is 9.40. The van der Waals surface area contributed by atoms with Crippen LogP contribution in [0.15, 0.2) is 0 Å². The minimum atomic E-state index is 0.115. The van der Waals surface area contributed by atoms with Crippen molar-refractivity contribution in [2.75, 3.05) is 18.9 Å². The van der Waals surface area contributed by atoms with Gasteiger partial charge in [0.15, 0.2) is 0 Å². The summed E-state index contributed by atoms with van der Waals surface area (Å²) < 4.78 is 0. The molecule has 0 aliphatic rings. The summed E-state index contributed by atoms with van der Waals surface area (Å²) in [4.78, 5) is 12.8. The SMILES string of the molecule is CN(CCC#N)C(=O)CCCBr. The predicted molar refractivity (Wildman–Crippen MR) is 50.9 cm³/mol. The van der Waals surface area contributed by atoms with Crippen molar-refractivity contribution in [2.24, 2.45) is 0 Å². The third-order valence-corrected chi connectivity index (χ3v) is 2.07. The van der Waals surface area contributed by atoms with Crippen molar-refractivity contribution in [3.8, 4) is 6.07 Å². The lowest BCUT2D eigenvalue weighted by Gasteiger charge is -2.14. The number of nitrogens with zero attached hydrogens (tertiary/aromatic N) is 2. The summed E-state index contributed by atoms with van der Waals surface area (Å²) in [5.74, 6) is 0.115. The minimum Gasteiger partial charge on any atom is -0.345 e. The molecule has 68 valence electrons. The van der Waals surface area contributed by atoms with Gasteiger partial charge in [-0.3, -0.25) is 4.79 Å². The van der Waals surface area contributed by atoms with E-state index in [9.17, 15) is 4.79 Å². The second kappa shape index (κ2) is 7.11. The zero-order valence-corrected chi connectivity index (χ0v) is 8.80. The van der Waals surface area contributed by atoms with Gasteiger partial charge in [-0.05, 0) is 6.42 Å². The fraction of sp³-hybridized carbons (Fsp3) is 0.750. The van der Waals surface area contributed by atoms with Crippen molar-refractivity contribution >= 4 is 21.8 Å². The van der Waals surface area contributed by atoms with E-state index in [0.717, 1.165) is 11.8 Å². The van der Waals surface area contributed by atoms with Gasteiger partial charge in [0.2, 0.25) is 5.91 Å². The van der Waals surface area contributed by atoms with Crippen LogP contribution in [0.5, 0.6) is 0 Å². The zero-order valence-electron chi connectivity index (χ0n) is 7.22. The van der Waals surface area contributed by atoms with Crippen LogP contribution in [0.1, 0.15) is 19.3 Å². The van der Waals surface area contributed by atoms with Gasteiger partial charge >= 0.3 is 0 Å². The maximum absolute atomic E-state index is 11.2. The molecule has 3 nitrogen and oxygen atoms in total. The van der Waals surface area contributed by atoms with E-state index < -0.39 is 0 Å². The van der Waals surface area contributed by atoms with Crippen molar-refractivity contribution in [1.82, 2.24) is 4.90 Å². The number of halogens is 1. The predicted octanol–water partition coefficient (Wildman–Crippen LogP) is 1.53. The Labute approximate surface area is 81.5 Å². The normalized spacial score (nSPS) is 9.08. The highest BCUT2D eigenvalue weighted by atomic mass is 79.9. The van der Waals surface area contributed by atoms with Crippen LogP contribution in [0.2, 0.25) is 0 Å². The maximum atomic E-state index is 11.2. The number of amides is 1. The summed E-state index contributed by atoms with van der Waals surface area (Å²) in [5.41, 5.74) is 0. The Morgan fingerprint density at radius 3 is 2.83 bits per heavy atom. The van der Waals surface area contributed by atoms with Crippen LogP contribution in [-0.2, 0) is 4.79 Å². The molecule has 0 N–H and O–H groups in total. The Bertz CT molecular complexity index is 176. The molecule has 0 aliphatic carbocycles. The molecule has 0 aromatic carbocycles. The maximum Gasteiger partial charge on any atom is 0.222 e. The largest absolute Gasteiger partial charge is 0.345 e. The number of rotatable bonds is 5. The lowest BCUT2D eigenvalue weighted by molar-refractivity contribution is -0.129. The molecule has 4 heteroatoms. The number of nitriles is 1. The molecule has 0 spiro atoms. The standard InChI is InChI=1S/C8H13BrN2O/c1-11(7-3-6-10)8(12)4-2-5-9/h2-5,7H2,1H3. The second-order valence-corrected chi connectivity index (χ2v) is 3.31. The van der Waals surface area contributed by atoms with Gasteiger partial charge in [-0.15, -0.1) is 0 Å². The highest BCUT2D eigenvalue weighted by Gasteiger charge is 2.06. The van der Waals surface area contributed by atoms with Gasteiger partial charge in [-0.2, -0.15) is 5.26 Å². The van der Waals surface area contributed by atoms with E-state index in [1.54, 1.807) is 11.9 Å². The van der Waals surface area contributed by atoms with Crippen LogP contribution in [0.25, 0.3) is 0 Å². The number of carbonyl (C=O) groups is 1. The number of hydrogen-bond donors (Lipinski definition) is 0. The first-order valence-electron chi connectivity index (χ1n) is 3.89. The third-order valence-electron chi connectivity index (χ3n) is 1.51. The van der Waals surface area contributed by atoms with E-state index in [0.29, 0.717) is 19.4 Å². The van der Waals surface area contributed by atoms with Gasteiger partial charge in [0, 0.05) is 25.3 Å². The average molecular weight is 233 g/mol. The Morgan fingerprint density at radius 2 is 2.33 bits per heavy atom. The molecule has 0 saturated heterocycles. The Balaban J connectivity index is 3.55. The molecule has 1 amide bonds. The van der Waals surface area contributed by atoms with Crippen LogP contribution in [0.3, 0.4) is 0 Å². The molecule has 0 bridgehead atoms. The average Bonchev–Trinajstić information content (AvgIpc) is 2.10. The van der Waals surface area contributed by atoms with E-state index in [1.165, 1.54) is 0 Å². The summed E-state index contributed by atoms with van der Waals surface area (Å²) in [6, 6.07) is 2.01. The van der Waals surface area contributed by atoms with Crippen molar-refractivity contribution in [3.63, 3.8) is 0 Å². The van der Waals surface area contributed by atoms with Crippen LogP contribution < -0.4 is 0 Å². The highest BCUT2D eigenvalue weighted by molar-refractivity contribution is 9.09. The first-order chi connectivity index (χ1) is 5.72. The minimum absolute atomic E-state index is 0.115. The van der Waals surface area contributed by atoms with E-state index in [2.05, 4.69) is 15.9 Å². The van der Waals surface area contributed by atoms with Crippen LogP contribution in [-0.4, -0.2) is 29.7 Å². The van der Waals surface area contributed by atoms with E-state index in [4.69, 9.17) is 5.26 Å². The van der Waals surface area contributed by atoms with Crippen LogP contribution in [0.4, 0.5) is 0 Å². The lowest BCUT2D eigenvalue weighted by Crippen LogP contribution is -2.27. The first-order valence-corrected chi connectivity index (χ1v) is 5.01. The van der Waals surface area contributed by atoms with Crippen molar-refractivity contribution in [3.05, 3.63) is 0 Å². The Hall–Kier alpha value is -0.560. The molecule has 0 heterocycles. The number of alkyl halides is 1. The summed E-state index contributed by atoms with van der Waals surface area (Å²) in [6.45, 7) is 0.539. The summed E-state index contributed by atoms with van der Waals surface area (Å²) in [5, 5.41) is 9.13. The van der Waals surface area contributed by atoms with E-state index >= 15 is 0 Å². The molecule has 0 unspecified atom stereocenters. The molecule has 12 heavy (non-hydrogen) atoms. The van der Waals surface area contributed by atoms with Crippen molar-refractivity contribution in [1.29, 1.82) is 5.26 Å². The van der Waals surface area contributed by atoms with Crippen molar-refractivity contribution < 1.29 is 4.79 Å². The summed E-state index contributed by atoms with van der Waals surface area (Å²) in [7, 11) is 1.73. The van der Waals surface area contributed by atoms with Gasteiger partial charge in [-0.25, -0.2) is 0 Å². The van der Waals surface area contributed by atoms with Crippen molar-refractivity contribution in [2.45, 2.75) is 19.3 Å². The topological polar surface area (TPSA) is 44.1 Å². The molecular weight excluding hydrogens is 220 g/mol. The summed E-state index contributed by atoms with van der Waals surface area (Å²) >= 11 is 3.26. The molecule has 0 aliphatic heterocycles. The number of carbonyl (C=O) groups excluding carboxylic acids is 1. The van der Waals surface area contributed by atoms with Gasteiger partial charge in [0.05, 0.1) is 12.5 Å². The van der Waals surface area contributed by atoms with Gasteiger partial charge < -0.3 is 4.90 Å². The van der Waals surface area contributed by atoms with Gasteiger partial charge in [0.25, 0.3) is 0 Å². The molecule has 0 aromatic heterocycles. The molecule has 0 atom stereocenters.